The van der Waals surface area contributed by atoms with Crippen LogP contribution in [0.4, 0.5) is 0 Å². The smallest absolute Gasteiger partial charge is 0.255 e. The molecule has 1 unspecified atom stereocenters. The van der Waals surface area contributed by atoms with Crippen LogP contribution in [0.3, 0.4) is 0 Å². The van der Waals surface area contributed by atoms with Gasteiger partial charge in [0.2, 0.25) is 5.91 Å². The summed E-state index contributed by atoms with van der Waals surface area (Å²) in [5.74, 6) is 1.21. The van der Waals surface area contributed by atoms with Crippen molar-refractivity contribution in [1.29, 1.82) is 0 Å². The van der Waals surface area contributed by atoms with Gasteiger partial charge in [-0.05, 0) is 41.5 Å². The molecule has 6 nitrogen and oxygen atoms in total. The Bertz CT molecular complexity index is 996. The van der Waals surface area contributed by atoms with E-state index in [2.05, 4.69) is 5.32 Å². The normalized spacial score (nSPS) is 13.8. The molecule has 1 aliphatic heterocycles. The lowest BCUT2D eigenvalue weighted by atomic mass is 10.0. The van der Waals surface area contributed by atoms with Gasteiger partial charge in [0.15, 0.2) is 0 Å². The Morgan fingerprint density at radius 1 is 1.14 bits per heavy atom. The summed E-state index contributed by atoms with van der Waals surface area (Å²) in [5.41, 5.74) is 2.56. The van der Waals surface area contributed by atoms with Crippen LogP contribution in [0, 0.1) is 0 Å². The highest BCUT2D eigenvalue weighted by Crippen LogP contribution is 2.34. The molecule has 6 heteroatoms. The number of benzene rings is 2. The van der Waals surface area contributed by atoms with Gasteiger partial charge in [0.05, 0.1) is 32.4 Å². The lowest BCUT2D eigenvalue weighted by molar-refractivity contribution is -0.122. The molecule has 0 saturated carbocycles. The van der Waals surface area contributed by atoms with Gasteiger partial charge < -0.3 is 19.4 Å². The van der Waals surface area contributed by atoms with Gasteiger partial charge in [-0.3, -0.25) is 9.59 Å². The number of carbonyl (C=O) groups excluding carboxylic acids is 2. The summed E-state index contributed by atoms with van der Waals surface area (Å²) in [6.45, 7) is 0.798. The average molecular weight is 390 g/mol. The third-order valence-electron chi connectivity index (χ3n) is 5.14. The van der Waals surface area contributed by atoms with Crippen molar-refractivity contribution in [3.63, 3.8) is 0 Å². The minimum atomic E-state index is -0.377. The van der Waals surface area contributed by atoms with E-state index >= 15 is 0 Å². The molecule has 2 amide bonds. The Morgan fingerprint density at radius 3 is 2.62 bits per heavy atom. The fourth-order valence-electron chi connectivity index (χ4n) is 3.61. The quantitative estimate of drug-likeness (QED) is 0.668. The molecular formula is C23H22N2O4. The van der Waals surface area contributed by atoms with Crippen molar-refractivity contribution in [2.45, 2.75) is 25.6 Å². The van der Waals surface area contributed by atoms with Gasteiger partial charge in [0, 0.05) is 12.1 Å². The number of hydrogen-bond acceptors (Lipinski definition) is 4. The molecule has 4 rings (SSSR count). The first-order chi connectivity index (χ1) is 14.2. The van der Waals surface area contributed by atoms with Crippen LogP contribution in [-0.2, 0) is 17.9 Å². The van der Waals surface area contributed by atoms with Gasteiger partial charge in [0.1, 0.15) is 11.5 Å². The first-order valence-corrected chi connectivity index (χ1v) is 9.47. The first-order valence-electron chi connectivity index (χ1n) is 9.47. The lowest BCUT2D eigenvalue weighted by Crippen LogP contribution is -2.34. The van der Waals surface area contributed by atoms with Gasteiger partial charge in [-0.2, -0.15) is 0 Å². The van der Waals surface area contributed by atoms with E-state index in [-0.39, 0.29) is 24.3 Å². The third kappa shape index (κ3) is 4.01. The van der Waals surface area contributed by atoms with Crippen molar-refractivity contribution in [2.75, 3.05) is 7.11 Å². The highest BCUT2D eigenvalue weighted by atomic mass is 16.5. The molecule has 0 saturated heterocycles. The molecule has 148 valence electrons. The van der Waals surface area contributed by atoms with Crippen LogP contribution in [0.15, 0.2) is 71.3 Å². The lowest BCUT2D eigenvalue weighted by Gasteiger charge is -2.28. The Morgan fingerprint density at radius 2 is 1.93 bits per heavy atom. The van der Waals surface area contributed by atoms with Crippen LogP contribution >= 0.6 is 0 Å². The maximum Gasteiger partial charge on any atom is 0.255 e. The second-order valence-corrected chi connectivity index (χ2v) is 6.94. The molecule has 0 spiro atoms. The molecule has 0 aliphatic carbocycles. The molecule has 29 heavy (non-hydrogen) atoms. The zero-order chi connectivity index (χ0) is 20.2. The van der Waals surface area contributed by atoms with E-state index in [9.17, 15) is 9.59 Å². The Labute approximate surface area is 169 Å². The highest BCUT2D eigenvalue weighted by Gasteiger charge is 2.34. The first kappa shape index (κ1) is 18.8. The summed E-state index contributed by atoms with van der Waals surface area (Å²) in [6, 6.07) is 18.3. The number of carbonyl (C=O) groups is 2. The molecule has 0 bridgehead atoms. The minimum absolute atomic E-state index is 0.0553. The zero-order valence-electron chi connectivity index (χ0n) is 16.1. The number of amides is 2. The van der Waals surface area contributed by atoms with Crippen molar-refractivity contribution in [3.05, 3.63) is 89.4 Å². The number of fused-ring (bicyclic) bond motifs is 1. The Balaban J connectivity index is 1.56. The van der Waals surface area contributed by atoms with E-state index in [1.54, 1.807) is 24.3 Å². The second kappa shape index (κ2) is 8.22. The molecule has 0 fully saturated rings. The van der Waals surface area contributed by atoms with Gasteiger partial charge in [0.25, 0.3) is 5.91 Å². The summed E-state index contributed by atoms with van der Waals surface area (Å²) < 4.78 is 10.5. The number of nitrogens with zero attached hydrogens (tertiary/aromatic N) is 1. The molecule has 1 aliphatic rings. The standard InChI is InChI=1S/C23H22N2O4/c1-28-18-10-8-16(9-11-18)21(13-22(26)24-14-19-6-4-12-29-19)25-15-17-5-2-3-7-20(17)23(25)27/h2-12,21H,13-15H2,1H3,(H,24,26). The van der Waals surface area contributed by atoms with Gasteiger partial charge in [-0.25, -0.2) is 0 Å². The van der Waals surface area contributed by atoms with Crippen LogP contribution in [0.25, 0.3) is 0 Å². The van der Waals surface area contributed by atoms with Crippen molar-refractivity contribution < 1.29 is 18.7 Å². The summed E-state index contributed by atoms with van der Waals surface area (Å²) in [7, 11) is 1.61. The largest absolute Gasteiger partial charge is 0.497 e. The fraction of sp³-hybridized carbons (Fsp3) is 0.217. The molecule has 1 atom stereocenters. The van der Waals surface area contributed by atoms with E-state index < -0.39 is 0 Å². The monoisotopic (exact) mass is 390 g/mol. The average Bonchev–Trinajstić information content (AvgIpc) is 3.39. The summed E-state index contributed by atoms with van der Waals surface area (Å²) in [6.07, 6.45) is 1.73. The third-order valence-corrected chi connectivity index (χ3v) is 5.14. The molecular weight excluding hydrogens is 368 g/mol. The van der Waals surface area contributed by atoms with E-state index in [0.717, 1.165) is 16.9 Å². The van der Waals surface area contributed by atoms with Crippen molar-refractivity contribution >= 4 is 11.8 Å². The van der Waals surface area contributed by atoms with Crippen LogP contribution in [0.1, 0.15) is 39.7 Å². The van der Waals surface area contributed by atoms with Crippen LogP contribution in [0.5, 0.6) is 5.75 Å². The summed E-state index contributed by atoms with van der Waals surface area (Å²) in [4.78, 5) is 27.4. The van der Waals surface area contributed by atoms with E-state index in [0.29, 0.717) is 24.4 Å². The predicted molar refractivity (Wildman–Crippen MR) is 107 cm³/mol. The van der Waals surface area contributed by atoms with Crippen molar-refractivity contribution in [2.24, 2.45) is 0 Å². The van der Waals surface area contributed by atoms with Gasteiger partial charge in [-0.15, -0.1) is 0 Å². The maximum atomic E-state index is 13.0. The molecule has 0 radical (unpaired) electrons. The van der Waals surface area contributed by atoms with Gasteiger partial charge in [-0.1, -0.05) is 30.3 Å². The second-order valence-electron chi connectivity index (χ2n) is 6.94. The van der Waals surface area contributed by atoms with Gasteiger partial charge >= 0.3 is 0 Å². The highest BCUT2D eigenvalue weighted by molar-refractivity contribution is 5.98. The molecule has 1 aromatic heterocycles. The molecule has 1 N–H and O–H groups in total. The molecule has 2 heterocycles. The van der Waals surface area contributed by atoms with Crippen LogP contribution in [0.2, 0.25) is 0 Å². The Kier molecular flexibility index (Phi) is 5.33. The Hall–Kier alpha value is -3.54. The number of furan rings is 1. The summed E-state index contributed by atoms with van der Waals surface area (Å²) in [5, 5.41) is 2.87. The SMILES string of the molecule is COc1ccc(C(CC(=O)NCc2ccco2)N2Cc3ccccc3C2=O)cc1. The van der Waals surface area contributed by atoms with Crippen LogP contribution < -0.4 is 10.1 Å². The number of methoxy groups -OCH3 is 1. The minimum Gasteiger partial charge on any atom is -0.497 e. The van der Waals surface area contributed by atoms with E-state index in [4.69, 9.17) is 9.15 Å². The number of rotatable bonds is 7. The number of ether oxygens (including phenoxy) is 1. The molecule has 3 aromatic rings. The molecule has 2 aromatic carbocycles. The number of hydrogen-bond donors (Lipinski definition) is 1. The van der Waals surface area contributed by atoms with Crippen molar-refractivity contribution in [1.82, 2.24) is 10.2 Å². The van der Waals surface area contributed by atoms with Crippen molar-refractivity contribution in [3.8, 4) is 5.75 Å². The summed E-state index contributed by atoms with van der Waals surface area (Å²) >= 11 is 0. The maximum absolute atomic E-state index is 13.0. The van der Waals surface area contributed by atoms with E-state index in [1.807, 2.05) is 54.6 Å². The van der Waals surface area contributed by atoms with Crippen LogP contribution in [-0.4, -0.2) is 23.8 Å². The number of nitrogens with one attached hydrogen (secondary N) is 1. The van der Waals surface area contributed by atoms with E-state index in [1.165, 1.54) is 0 Å². The topological polar surface area (TPSA) is 71.8 Å². The fourth-order valence-corrected chi connectivity index (χ4v) is 3.61. The zero-order valence-corrected chi connectivity index (χ0v) is 16.1. The predicted octanol–water partition coefficient (Wildman–Crippen LogP) is 3.69.